The number of carbonyl (C=O) groups is 1. The highest BCUT2D eigenvalue weighted by atomic mass is 32.2. The molecular formula is C24H26N2O6S. The van der Waals surface area contributed by atoms with Gasteiger partial charge >= 0.3 is 0 Å². The Morgan fingerprint density at radius 1 is 0.879 bits per heavy atom. The molecule has 0 aliphatic carbocycles. The predicted molar refractivity (Wildman–Crippen MR) is 126 cm³/mol. The summed E-state index contributed by atoms with van der Waals surface area (Å²) in [5, 5.41) is 2.73. The van der Waals surface area contributed by atoms with Crippen molar-refractivity contribution < 1.29 is 27.4 Å². The van der Waals surface area contributed by atoms with Crippen molar-refractivity contribution in [3.8, 4) is 17.2 Å². The summed E-state index contributed by atoms with van der Waals surface area (Å²) >= 11 is 0. The highest BCUT2D eigenvalue weighted by Crippen LogP contribution is 2.24. The number of benzene rings is 3. The van der Waals surface area contributed by atoms with Gasteiger partial charge in [-0.15, -0.1) is 0 Å². The van der Waals surface area contributed by atoms with E-state index in [0.29, 0.717) is 17.2 Å². The molecule has 0 spiro atoms. The zero-order valence-corrected chi connectivity index (χ0v) is 19.5. The highest BCUT2D eigenvalue weighted by molar-refractivity contribution is 7.92. The monoisotopic (exact) mass is 470 g/mol. The Balaban J connectivity index is 1.61. The van der Waals surface area contributed by atoms with Gasteiger partial charge in [0.15, 0.2) is 0 Å². The molecule has 0 aliphatic heterocycles. The summed E-state index contributed by atoms with van der Waals surface area (Å²) < 4.78 is 43.1. The van der Waals surface area contributed by atoms with Crippen molar-refractivity contribution in [3.05, 3.63) is 78.4 Å². The van der Waals surface area contributed by atoms with E-state index in [1.807, 2.05) is 0 Å². The van der Waals surface area contributed by atoms with E-state index in [-0.39, 0.29) is 23.6 Å². The van der Waals surface area contributed by atoms with Crippen LogP contribution in [0.2, 0.25) is 0 Å². The smallest absolute Gasteiger partial charge is 0.264 e. The molecule has 1 amide bonds. The van der Waals surface area contributed by atoms with Gasteiger partial charge in [0.05, 0.1) is 31.3 Å². The zero-order chi connectivity index (χ0) is 23.8. The van der Waals surface area contributed by atoms with Crippen LogP contribution in [0.4, 0.5) is 5.69 Å². The van der Waals surface area contributed by atoms with Crippen molar-refractivity contribution in [2.75, 3.05) is 38.7 Å². The molecule has 1 N–H and O–H groups in total. The largest absolute Gasteiger partial charge is 0.497 e. The summed E-state index contributed by atoms with van der Waals surface area (Å²) in [6, 6.07) is 19.7. The van der Waals surface area contributed by atoms with Crippen LogP contribution in [-0.2, 0) is 10.0 Å². The number of anilines is 1. The molecule has 9 heteroatoms. The molecule has 0 aromatic heterocycles. The Hall–Kier alpha value is -3.72. The third-order valence-electron chi connectivity index (χ3n) is 4.91. The number of hydrogen-bond acceptors (Lipinski definition) is 6. The Morgan fingerprint density at radius 2 is 1.45 bits per heavy atom. The molecule has 0 saturated carbocycles. The van der Waals surface area contributed by atoms with Crippen LogP contribution >= 0.6 is 0 Å². The molecular weight excluding hydrogens is 444 g/mol. The molecule has 0 aliphatic rings. The van der Waals surface area contributed by atoms with Crippen molar-refractivity contribution in [3.63, 3.8) is 0 Å². The maximum atomic E-state index is 13.1. The van der Waals surface area contributed by atoms with Crippen molar-refractivity contribution >= 4 is 21.6 Å². The molecule has 0 fully saturated rings. The van der Waals surface area contributed by atoms with Crippen molar-refractivity contribution in [2.24, 2.45) is 0 Å². The number of nitrogens with one attached hydrogen (secondary N) is 1. The minimum Gasteiger partial charge on any atom is -0.497 e. The molecule has 0 atom stereocenters. The molecule has 3 rings (SSSR count). The maximum Gasteiger partial charge on any atom is 0.264 e. The third kappa shape index (κ3) is 5.95. The van der Waals surface area contributed by atoms with Gasteiger partial charge < -0.3 is 19.5 Å². The average Bonchev–Trinajstić information content (AvgIpc) is 2.86. The van der Waals surface area contributed by atoms with Crippen LogP contribution in [0.5, 0.6) is 17.2 Å². The first kappa shape index (κ1) is 23.9. The fourth-order valence-corrected chi connectivity index (χ4v) is 4.24. The fourth-order valence-electron chi connectivity index (χ4n) is 2.99. The Kier molecular flexibility index (Phi) is 7.78. The first-order valence-electron chi connectivity index (χ1n) is 10.1. The summed E-state index contributed by atoms with van der Waals surface area (Å²) in [6.07, 6.45) is 0. The van der Waals surface area contributed by atoms with Crippen molar-refractivity contribution in [1.82, 2.24) is 5.32 Å². The van der Waals surface area contributed by atoms with Gasteiger partial charge in [-0.05, 0) is 66.7 Å². The average molecular weight is 471 g/mol. The van der Waals surface area contributed by atoms with E-state index in [4.69, 9.17) is 14.2 Å². The summed E-state index contributed by atoms with van der Waals surface area (Å²) in [5.74, 6) is 1.61. The van der Waals surface area contributed by atoms with Crippen molar-refractivity contribution in [1.29, 1.82) is 0 Å². The van der Waals surface area contributed by atoms with Gasteiger partial charge in [0, 0.05) is 12.6 Å². The molecule has 33 heavy (non-hydrogen) atoms. The minimum absolute atomic E-state index is 0.0166. The summed E-state index contributed by atoms with van der Waals surface area (Å²) in [5.41, 5.74) is 0.713. The normalized spacial score (nSPS) is 10.9. The fraction of sp³-hybridized carbons (Fsp3) is 0.208. The molecule has 0 radical (unpaired) electrons. The van der Waals surface area contributed by atoms with E-state index in [1.165, 1.54) is 32.4 Å². The lowest BCUT2D eigenvalue weighted by atomic mass is 10.2. The van der Waals surface area contributed by atoms with E-state index >= 15 is 0 Å². The highest BCUT2D eigenvalue weighted by Gasteiger charge is 2.22. The van der Waals surface area contributed by atoms with Gasteiger partial charge in [-0.1, -0.05) is 6.07 Å². The minimum atomic E-state index is -3.86. The number of nitrogens with zero attached hydrogens (tertiary/aromatic N) is 1. The summed E-state index contributed by atoms with van der Waals surface area (Å²) in [4.78, 5) is 12.5. The van der Waals surface area contributed by atoms with E-state index in [0.717, 1.165) is 10.1 Å². The maximum absolute atomic E-state index is 13.1. The third-order valence-corrected chi connectivity index (χ3v) is 6.69. The second-order valence-electron chi connectivity index (χ2n) is 6.98. The van der Waals surface area contributed by atoms with Crippen molar-refractivity contribution in [2.45, 2.75) is 4.90 Å². The van der Waals surface area contributed by atoms with Gasteiger partial charge in [-0.2, -0.15) is 0 Å². The van der Waals surface area contributed by atoms with Gasteiger partial charge in [0.1, 0.15) is 23.9 Å². The van der Waals surface area contributed by atoms with Crippen LogP contribution in [0.3, 0.4) is 0 Å². The molecule has 3 aromatic carbocycles. The molecule has 174 valence electrons. The number of ether oxygens (including phenoxy) is 3. The number of methoxy groups -OCH3 is 2. The SMILES string of the molecule is COc1ccc(OCCNC(=O)c2cccc(S(=O)(=O)N(C)c3ccc(OC)cc3)c2)cc1. The number of sulfonamides is 1. The molecule has 0 unspecified atom stereocenters. The Bertz CT molecular complexity index is 1180. The first-order chi connectivity index (χ1) is 15.8. The lowest BCUT2D eigenvalue weighted by Crippen LogP contribution is -2.29. The van der Waals surface area contributed by atoms with Crippen LogP contribution in [-0.4, -0.2) is 48.7 Å². The predicted octanol–water partition coefficient (Wildman–Crippen LogP) is 3.34. The van der Waals surface area contributed by atoms with Gasteiger partial charge in [-0.25, -0.2) is 8.42 Å². The molecule has 0 saturated heterocycles. The van der Waals surface area contributed by atoms with Crippen LogP contribution in [0.1, 0.15) is 10.4 Å². The van der Waals surface area contributed by atoms with E-state index in [2.05, 4.69) is 5.32 Å². The van der Waals surface area contributed by atoms with E-state index in [1.54, 1.807) is 61.7 Å². The van der Waals surface area contributed by atoms with Crippen LogP contribution in [0.25, 0.3) is 0 Å². The second-order valence-corrected chi connectivity index (χ2v) is 8.95. The second kappa shape index (κ2) is 10.7. The molecule has 0 bridgehead atoms. The number of rotatable bonds is 10. The molecule has 8 nitrogen and oxygen atoms in total. The van der Waals surface area contributed by atoms with Crippen LogP contribution in [0, 0.1) is 0 Å². The molecule has 3 aromatic rings. The van der Waals surface area contributed by atoms with Crippen LogP contribution < -0.4 is 23.8 Å². The van der Waals surface area contributed by atoms with Gasteiger partial charge in [0.2, 0.25) is 0 Å². The van der Waals surface area contributed by atoms with E-state index in [9.17, 15) is 13.2 Å². The summed E-state index contributed by atoms with van der Waals surface area (Å²) in [6.45, 7) is 0.518. The summed E-state index contributed by atoms with van der Waals surface area (Å²) in [7, 11) is 0.727. The Morgan fingerprint density at radius 3 is 2.06 bits per heavy atom. The lowest BCUT2D eigenvalue weighted by molar-refractivity contribution is 0.0946. The zero-order valence-electron chi connectivity index (χ0n) is 18.6. The number of hydrogen-bond donors (Lipinski definition) is 1. The quantitative estimate of drug-likeness (QED) is 0.457. The number of amides is 1. The number of carbonyl (C=O) groups excluding carboxylic acids is 1. The topological polar surface area (TPSA) is 94.2 Å². The van der Waals surface area contributed by atoms with E-state index < -0.39 is 15.9 Å². The standard InChI is InChI=1S/C24H26N2O6S/c1-26(19-7-9-20(30-2)10-8-19)33(28,29)23-6-4-5-18(17-23)24(27)25-15-16-32-22-13-11-21(31-3)12-14-22/h4-14,17H,15-16H2,1-3H3,(H,25,27). The first-order valence-corrected chi connectivity index (χ1v) is 11.6. The van der Waals surface area contributed by atoms with Gasteiger partial charge in [-0.3, -0.25) is 9.10 Å². The van der Waals surface area contributed by atoms with Crippen LogP contribution in [0.15, 0.2) is 77.7 Å². The van der Waals surface area contributed by atoms with Gasteiger partial charge in [0.25, 0.3) is 15.9 Å². The lowest BCUT2D eigenvalue weighted by Gasteiger charge is -2.20. The Labute approximate surface area is 193 Å². The molecule has 0 heterocycles.